The first-order valence-corrected chi connectivity index (χ1v) is 14.9. The Morgan fingerprint density at radius 1 is 1.09 bits per heavy atom. The Balaban J connectivity index is 1.71. The Hall–Kier alpha value is -3.96. The Morgan fingerprint density at radius 3 is 2.27 bits per heavy atom. The number of aromatic nitrogens is 1. The number of fused-ring (bicyclic) bond motifs is 1. The summed E-state index contributed by atoms with van der Waals surface area (Å²) >= 11 is 0. The number of alkyl carbamates (subject to hydrolysis) is 1. The van der Waals surface area contributed by atoms with Gasteiger partial charge in [0.15, 0.2) is 11.6 Å². The predicted molar refractivity (Wildman–Crippen MR) is 161 cm³/mol. The second kappa shape index (κ2) is 12.2. The molecule has 1 saturated carbocycles. The number of carbonyl (C=O) groups excluding carboxylic acids is 2. The van der Waals surface area contributed by atoms with Crippen LogP contribution < -0.4 is 10.7 Å². The summed E-state index contributed by atoms with van der Waals surface area (Å²) in [5.41, 5.74) is -2.53. The third kappa shape index (κ3) is 7.22. The lowest BCUT2D eigenvalue weighted by molar-refractivity contribution is 0.0220. The van der Waals surface area contributed by atoms with Gasteiger partial charge in [-0.3, -0.25) is 4.79 Å². The SMILES string of the molecule is CCc1c(C(=O)O)c(=O)c2cc(F)c(F)c(C=CC[C@H]3C[C@H](NC(=O)OC(C)(C)C)CN3C(=O)OC(C)(C)C)c2n1C1CC1. The van der Waals surface area contributed by atoms with Gasteiger partial charge in [0, 0.05) is 29.9 Å². The second-order valence-electron chi connectivity index (χ2n) is 13.4. The number of aromatic carboxylic acids is 1. The van der Waals surface area contributed by atoms with E-state index in [0.717, 1.165) is 6.07 Å². The lowest BCUT2D eigenvalue weighted by Crippen LogP contribution is -2.43. The van der Waals surface area contributed by atoms with E-state index in [1.165, 1.54) is 11.0 Å². The van der Waals surface area contributed by atoms with Gasteiger partial charge in [0.2, 0.25) is 5.43 Å². The maximum Gasteiger partial charge on any atom is 0.410 e. The van der Waals surface area contributed by atoms with Crippen LogP contribution in [0.1, 0.15) is 102 Å². The maximum absolute atomic E-state index is 15.5. The van der Waals surface area contributed by atoms with Crippen molar-refractivity contribution in [3.63, 3.8) is 0 Å². The quantitative estimate of drug-likeness (QED) is 0.380. The molecule has 0 radical (unpaired) electrons. The number of rotatable bonds is 7. The molecule has 2 aromatic rings. The molecule has 2 N–H and O–H groups in total. The number of amides is 2. The van der Waals surface area contributed by atoms with E-state index < -0.39 is 64.1 Å². The smallest absolute Gasteiger partial charge is 0.410 e. The van der Waals surface area contributed by atoms with Crippen molar-refractivity contribution in [2.45, 2.75) is 110 Å². The number of hydrogen-bond donors (Lipinski definition) is 2. The van der Waals surface area contributed by atoms with Crippen LogP contribution in [0.3, 0.4) is 0 Å². The van der Waals surface area contributed by atoms with E-state index in [-0.39, 0.29) is 47.6 Å². The molecule has 2 aliphatic rings. The molecular weight excluding hydrogens is 576 g/mol. The van der Waals surface area contributed by atoms with Crippen LogP contribution in [-0.4, -0.2) is 62.6 Å². The van der Waals surface area contributed by atoms with Gasteiger partial charge in [0.05, 0.1) is 16.9 Å². The van der Waals surface area contributed by atoms with Gasteiger partial charge in [-0.05, 0) is 79.7 Å². The average molecular weight is 618 g/mol. The van der Waals surface area contributed by atoms with Crippen LogP contribution in [0.15, 0.2) is 16.9 Å². The standard InChI is InChI=1S/C32H41F2N3O7/c1-8-23-24(28(39)40)27(38)21-15-22(33)25(34)20(26(21)37(23)18-12-13-18)11-9-10-19-14-17(35-29(41)43-31(2,3)4)16-36(19)30(42)44-32(5,6)7/h9,11,15,17-19H,8,10,12-14,16H2,1-7H3,(H,35,41)(H,39,40)/t17-,19-/m0/s1. The summed E-state index contributed by atoms with van der Waals surface area (Å²) in [5.74, 6) is -3.84. The number of ether oxygens (including phenoxy) is 2. The molecule has 1 aromatic heterocycles. The highest BCUT2D eigenvalue weighted by atomic mass is 19.2. The fourth-order valence-electron chi connectivity index (χ4n) is 5.65. The number of pyridine rings is 1. The molecule has 12 heteroatoms. The number of halogens is 2. The molecule has 2 amide bonds. The molecule has 10 nitrogen and oxygen atoms in total. The van der Waals surface area contributed by atoms with E-state index >= 15 is 4.39 Å². The Morgan fingerprint density at radius 2 is 1.73 bits per heavy atom. The molecule has 0 bridgehead atoms. The lowest BCUT2D eigenvalue weighted by atomic mass is 10.0. The van der Waals surface area contributed by atoms with Crippen LogP contribution in [0.2, 0.25) is 0 Å². The van der Waals surface area contributed by atoms with Crippen LogP contribution in [0.5, 0.6) is 0 Å². The van der Waals surface area contributed by atoms with E-state index in [4.69, 9.17) is 9.47 Å². The molecule has 2 heterocycles. The first-order chi connectivity index (χ1) is 20.4. The van der Waals surface area contributed by atoms with Crippen molar-refractivity contribution < 1.29 is 37.7 Å². The zero-order valence-corrected chi connectivity index (χ0v) is 26.3. The largest absolute Gasteiger partial charge is 0.477 e. The van der Waals surface area contributed by atoms with Gasteiger partial charge >= 0.3 is 18.2 Å². The number of carbonyl (C=O) groups is 3. The molecule has 2 fully saturated rings. The van der Waals surface area contributed by atoms with Crippen molar-refractivity contribution in [1.82, 2.24) is 14.8 Å². The molecule has 0 unspecified atom stereocenters. The van der Waals surface area contributed by atoms with Gasteiger partial charge in [-0.2, -0.15) is 0 Å². The highest BCUT2D eigenvalue weighted by molar-refractivity contribution is 5.97. The van der Waals surface area contributed by atoms with E-state index in [9.17, 15) is 28.7 Å². The van der Waals surface area contributed by atoms with Gasteiger partial charge in [0.25, 0.3) is 0 Å². The minimum absolute atomic E-state index is 0.139. The highest BCUT2D eigenvalue weighted by Gasteiger charge is 2.38. The number of benzene rings is 1. The van der Waals surface area contributed by atoms with Gasteiger partial charge in [-0.25, -0.2) is 23.2 Å². The molecule has 1 aliphatic carbocycles. The summed E-state index contributed by atoms with van der Waals surface area (Å²) in [6, 6.07) is -0.271. The zero-order valence-electron chi connectivity index (χ0n) is 26.3. The molecule has 44 heavy (non-hydrogen) atoms. The van der Waals surface area contributed by atoms with E-state index in [0.29, 0.717) is 19.3 Å². The highest BCUT2D eigenvalue weighted by Crippen LogP contribution is 2.40. The second-order valence-corrected chi connectivity index (χ2v) is 13.4. The number of carboxylic acids is 1. The maximum atomic E-state index is 15.5. The fourth-order valence-corrected chi connectivity index (χ4v) is 5.65. The zero-order chi connectivity index (χ0) is 32.7. The van der Waals surface area contributed by atoms with Crippen LogP contribution >= 0.6 is 0 Å². The summed E-state index contributed by atoms with van der Waals surface area (Å²) in [6.07, 6.45) is 3.95. The van der Waals surface area contributed by atoms with Gasteiger partial charge in [0.1, 0.15) is 16.8 Å². The third-order valence-electron chi connectivity index (χ3n) is 7.44. The van der Waals surface area contributed by atoms with E-state index in [1.54, 1.807) is 59.1 Å². The first kappa shape index (κ1) is 32.9. The minimum atomic E-state index is -1.41. The number of likely N-dealkylation sites (tertiary alicyclic amines) is 1. The van der Waals surface area contributed by atoms with Crippen LogP contribution in [-0.2, 0) is 15.9 Å². The molecule has 4 rings (SSSR count). The molecular formula is C32H41F2N3O7. The lowest BCUT2D eigenvalue weighted by Gasteiger charge is -2.28. The van der Waals surface area contributed by atoms with Crippen molar-refractivity contribution in [1.29, 1.82) is 0 Å². The third-order valence-corrected chi connectivity index (χ3v) is 7.44. The number of nitrogens with one attached hydrogen (secondary N) is 1. The summed E-state index contributed by atoms with van der Waals surface area (Å²) < 4.78 is 42.9. The molecule has 2 atom stereocenters. The summed E-state index contributed by atoms with van der Waals surface area (Å²) in [7, 11) is 0. The molecule has 0 spiro atoms. The van der Waals surface area contributed by atoms with Gasteiger partial charge < -0.3 is 29.4 Å². The molecule has 1 aromatic carbocycles. The van der Waals surface area contributed by atoms with E-state index in [1.807, 2.05) is 0 Å². The van der Waals surface area contributed by atoms with Crippen molar-refractivity contribution in [2.75, 3.05) is 6.54 Å². The topological polar surface area (TPSA) is 127 Å². The van der Waals surface area contributed by atoms with Crippen LogP contribution in [0, 0.1) is 11.6 Å². The van der Waals surface area contributed by atoms with Crippen LogP contribution in [0.25, 0.3) is 17.0 Å². The monoisotopic (exact) mass is 617 g/mol. The molecule has 240 valence electrons. The average Bonchev–Trinajstić information content (AvgIpc) is 3.64. The Bertz CT molecular complexity index is 1570. The Kier molecular flexibility index (Phi) is 9.14. The predicted octanol–water partition coefficient (Wildman–Crippen LogP) is 6.18. The first-order valence-electron chi connectivity index (χ1n) is 14.9. The van der Waals surface area contributed by atoms with Gasteiger partial charge in [-0.15, -0.1) is 0 Å². The number of nitrogens with zero attached hydrogens (tertiary/aromatic N) is 2. The number of carboxylic acid groups (broad SMARTS) is 1. The molecule has 1 aliphatic heterocycles. The summed E-state index contributed by atoms with van der Waals surface area (Å²) in [4.78, 5) is 52.4. The van der Waals surface area contributed by atoms with Crippen molar-refractivity contribution in [3.8, 4) is 0 Å². The number of hydrogen-bond acceptors (Lipinski definition) is 6. The van der Waals surface area contributed by atoms with Gasteiger partial charge in [-0.1, -0.05) is 19.1 Å². The minimum Gasteiger partial charge on any atom is -0.477 e. The summed E-state index contributed by atoms with van der Waals surface area (Å²) in [6.45, 7) is 12.3. The fraction of sp³-hybridized carbons (Fsp3) is 0.562. The van der Waals surface area contributed by atoms with Crippen molar-refractivity contribution >= 4 is 35.1 Å². The van der Waals surface area contributed by atoms with Crippen molar-refractivity contribution in [3.05, 3.63) is 50.8 Å². The molecule has 1 saturated heterocycles. The van der Waals surface area contributed by atoms with Crippen LogP contribution in [0.4, 0.5) is 18.4 Å². The summed E-state index contributed by atoms with van der Waals surface area (Å²) in [5, 5.41) is 12.4. The van der Waals surface area contributed by atoms with E-state index in [2.05, 4.69) is 5.32 Å². The Labute approximate surface area is 255 Å². The normalized spacial score (nSPS) is 19.1. The van der Waals surface area contributed by atoms with Crippen molar-refractivity contribution in [2.24, 2.45) is 0 Å².